The molecule has 0 saturated heterocycles. The fourth-order valence-corrected chi connectivity index (χ4v) is 1.93. The normalized spacial score (nSPS) is 10.3. The zero-order valence-electron chi connectivity index (χ0n) is 11.5. The first-order valence-electron chi connectivity index (χ1n) is 6.33. The third-order valence-corrected chi connectivity index (χ3v) is 3.12. The number of phenols is 2. The van der Waals surface area contributed by atoms with Crippen molar-refractivity contribution in [3.05, 3.63) is 53.1 Å². The Hall–Kier alpha value is -2.49. The smallest absolute Gasteiger partial charge is 0.228 e. The first kappa shape index (κ1) is 13.9. The van der Waals surface area contributed by atoms with E-state index in [1.807, 2.05) is 6.92 Å². The molecular weight excluding hydrogens is 254 g/mol. The monoisotopic (exact) mass is 271 g/mol. The van der Waals surface area contributed by atoms with Crippen LogP contribution >= 0.6 is 0 Å². The highest BCUT2D eigenvalue weighted by Gasteiger charge is 2.08. The van der Waals surface area contributed by atoms with Crippen molar-refractivity contribution in [2.45, 2.75) is 20.3 Å². The van der Waals surface area contributed by atoms with Crippen molar-refractivity contribution in [3.63, 3.8) is 0 Å². The predicted molar refractivity (Wildman–Crippen MR) is 78.0 cm³/mol. The Morgan fingerprint density at radius 3 is 2.35 bits per heavy atom. The Morgan fingerprint density at radius 2 is 1.70 bits per heavy atom. The molecule has 104 valence electrons. The fraction of sp³-hybridized carbons (Fsp3) is 0.188. The van der Waals surface area contributed by atoms with Crippen LogP contribution in [-0.4, -0.2) is 16.1 Å². The van der Waals surface area contributed by atoms with Crippen molar-refractivity contribution in [1.29, 1.82) is 0 Å². The lowest BCUT2D eigenvalue weighted by molar-refractivity contribution is -0.115. The van der Waals surface area contributed by atoms with Crippen LogP contribution in [0.25, 0.3) is 0 Å². The molecule has 4 heteroatoms. The highest BCUT2D eigenvalue weighted by molar-refractivity contribution is 5.93. The SMILES string of the molecule is Cc1cc(NC(=O)Cc2ccc(O)cc2)c(C)cc1O. The Kier molecular flexibility index (Phi) is 3.94. The zero-order valence-corrected chi connectivity index (χ0v) is 11.5. The standard InChI is InChI=1S/C16H17NO3/c1-10-8-15(19)11(2)7-14(10)17-16(20)9-12-3-5-13(18)6-4-12/h3-8,18-19H,9H2,1-2H3,(H,17,20). The van der Waals surface area contributed by atoms with E-state index >= 15 is 0 Å². The molecule has 0 heterocycles. The van der Waals surface area contributed by atoms with E-state index in [0.29, 0.717) is 5.69 Å². The number of hydrogen-bond donors (Lipinski definition) is 3. The van der Waals surface area contributed by atoms with Gasteiger partial charge in [-0.05, 0) is 54.8 Å². The molecule has 0 saturated carbocycles. The number of aromatic hydroxyl groups is 2. The van der Waals surface area contributed by atoms with E-state index in [-0.39, 0.29) is 23.8 Å². The molecule has 3 N–H and O–H groups in total. The Labute approximate surface area is 117 Å². The Bertz CT molecular complexity index is 633. The third kappa shape index (κ3) is 3.29. The van der Waals surface area contributed by atoms with Crippen molar-refractivity contribution in [2.75, 3.05) is 5.32 Å². The quantitative estimate of drug-likeness (QED) is 0.752. The van der Waals surface area contributed by atoms with Gasteiger partial charge in [-0.1, -0.05) is 12.1 Å². The molecule has 0 atom stereocenters. The van der Waals surface area contributed by atoms with Crippen LogP contribution in [0.1, 0.15) is 16.7 Å². The van der Waals surface area contributed by atoms with Gasteiger partial charge in [-0.2, -0.15) is 0 Å². The van der Waals surface area contributed by atoms with Crippen molar-refractivity contribution in [1.82, 2.24) is 0 Å². The summed E-state index contributed by atoms with van der Waals surface area (Å²) in [6, 6.07) is 9.91. The van der Waals surface area contributed by atoms with Crippen LogP contribution in [0.5, 0.6) is 11.5 Å². The van der Waals surface area contributed by atoms with Crippen LogP contribution in [-0.2, 0) is 11.2 Å². The number of carbonyl (C=O) groups is 1. The van der Waals surface area contributed by atoms with E-state index in [2.05, 4.69) is 5.32 Å². The van der Waals surface area contributed by atoms with Gasteiger partial charge in [-0.25, -0.2) is 0 Å². The highest BCUT2D eigenvalue weighted by Crippen LogP contribution is 2.25. The van der Waals surface area contributed by atoms with Gasteiger partial charge in [0, 0.05) is 5.69 Å². The maximum absolute atomic E-state index is 12.0. The minimum atomic E-state index is -0.135. The van der Waals surface area contributed by atoms with Gasteiger partial charge in [-0.3, -0.25) is 4.79 Å². The first-order valence-corrected chi connectivity index (χ1v) is 6.33. The maximum atomic E-state index is 12.0. The number of nitrogens with one attached hydrogen (secondary N) is 1. The topological polar surface area (TPSA) is 69.6 Å². The number of phenolic OH excluding ortho intramolecular Hbond substituents is 2. The lowest BCUT2D eigenvalue weighted by Crippen LogP contribution is -2.15. The second-order valence-corrected chi connectivity index (χ2v) is 4.85. The summed E-state index contributed by atoms with van der Waals surface area (Å²) in [6.07, 6.45) is 0.236. The second kappa shape index (κ2) is 5.65. The maximum Gasteiger partial charge on any atom is 0.228 e. The number of carbonyl (C=O) groups excluding carboxylic acids is 1. The molecule has 1 amide bonds. The molecule has 0 fully saturated rings. The van der Waals surface area contributed by atoms with Gasteiger partial charge in [-0.15, -0.1) is 0 Å². The van der Waals surface area contributed by atoms with Crippen LogP contribution in [0.15, 0.2) is 36.4 Å². The summed E-state index contributed by atoms with van der Waals surface area (Å²) in [5.74, 6) is 0.266. The van der Waals surface area contributed by atoms with Gasteiger partial charge in [0.1, 0.15) is 11.5 Å². The summed E-state index contributed by atoms with van der Waals surface area (Å²) in [6.45, 7) is 3.61. The van der Waals surface area contributed by atoms with Gasteiger partial charge >= 0.3 is 0 Å². The van der Waals surface area contributed by atoms with Gasteiger partial charge in [0.2, 0.25) is 5.91 Å². The molecule has 2 rings (SSSR count). The fourth-order valence-electron chi connectivity index (χ4n) is 1.93. The first-order chi connectivity index (χ1) is 9.45. The van der Waals surface area contributed by atoms with E-state index in [4.69, 9.17) is 0 Å². The number of anilines is 1. The van der Waals surface area contributed by atoms with Crippen molar-refractivity contribution in [3.8, 4) is 11.5 Å². The van der Waals surface area contributed by atoms with Crippen molar-refractivity contribution >= 4 is 11.6 Å². The number of benzene rings is 2. The van der Waals surface area contributed by atoms with Crippen LogP contribution in [0.3, 0.4) is 0 Å². The van der Waals surface area contributed by atoms with Gasteiger partial charge in [0.25, 0.3) is 0 Å². The Balaban J connectivity index is 2.08. The van der Waals surface area contributed by atoms with E-state index in [0.717, 1.165) is 16.7 Å². The summed E-state index contributed by atoms with van der Waals surface area (Å²) in [5.41, 5.74) is 3.06. The highest BCUT2D eigenvalue weighted by atomic mass is 16.3. The molecule has 20 heavy (non-hydrogen) atoms. The summed E-state index contributed by atoms with van der Waals surface area (Å²) >= 11 is 0. The lowest BCUT2D eigenvalue weighted by Gasteiger charge is -2.10. The van der Waals surface area contributed by atoms with Crippen LogP contribution < -0.4 is 5.32 Å². The molecule has 0 unspecified atom stereocenters. The van der Waals surface area contributed by atoms with E-state index in [9.17, 15) is 15.0 Å². The number of amides is 1. The van der Waals surface area contributed by atoms with Crippen LogP contribution in [0.4, 0.5) is 5.69 Å². The predicted octanol–water partition coefficient (Wildman–Crippen LogP) is 2.90. The number of rotatable bonds is 3. The van der Waals surface area contributed by atoms with Crippen LogP contribution in [0.2, 0.25) is 0 Å². The van der Waals surface area contributed by atoms with Crippen molar-refractivity contribution in [2.24, 2.45) is 0 Å². The lowest BCUT2D eigenvalue weighted by atomic mass is 10.1. The van der Waals surface area contributed by atoms with Gasteiger partial charge < -0.3 is 15.5 Å². The molecule has 2 aromatic carbocycles. The summed E-state index contributed by atoms with van der Waals surface area (Å²) in [7, 11) is 0. The van der Waals surface area contributed by atoms with E-state index in [1.54, 1.807) is 43.3 Å². The molecule has 2 aromatic rings. The molecule has 0 spiro atoms. The third-order valence-electron chi connectivity index (χ3n) is 3.12. The van der Waals surface area contributed by atoms with E-state index < -0.39 is 0 Å². The van der Waals surface area contributed by atoms with Crippen LogP contribution in [0, 0.1) is 13.8 Å². The minimum absolute atomic E-state index is 0.135. The Morgan fingerprint density at radius 1 is 1.05 bits per heavy atom. The second-order valence-electron chi connectivity index (χ2n) is 4.85. The molecule has 0 aliphatic heterocycles. The molecule has 0 radical (unpaired) electrons. The largest absolute Gasteiger partial charge is 0.508 e. The van der Waals surface area contributed by atoms with Crippen molar-refractivity contribution < 1.29 is 15.0 Å². The molecule has 0 aliphatic rings. The van der Waals surface area contributed by atoms with E-state index in [1.165, 1.54) is 0 Å². The van der Waals surface area contributed by atoms with Gasteiger partial charge in [0.05, 0.1) is 6.42 Å². The molecule has 0 aromatic heterocycles. The summed E-state index contributed by atoms with van der Waals surface area (Å²) in [4.78, 5) is 12.0. The summed E-state index contributed by atoms with van der Waals surface area (Å²) in [5, 5.41) is 21.6. The number of hydrogen-bond acceptors (Lipinski definition) is 3. The zero-order chi connectivity index (χ0) is 14.7. The van der Waals surface area contributed by atoms with Gasteiger partial charge in [0.15, 0.2) is 0 Å². The molecular formula is C16H17NO3. The number of aryl methyl sites for hydroxylation is 2. The summed E-state index contributed by atoms with van der Waals surface area (Å²) < 4.78 is 0. The molecule has 0 bridgehead atoms. The minimum Gasteiger partial charge on any atom is -0.508 e. The molecule has 0 aliphatic carbocycles. The average molecular weight is 271 g/mol. The average Bonchev–Trinajstić information content (AvgIpc) is 2.39. The molecule has 4 nitrogen and oxygen atoms in total.